The average molecular weight is 269 g/mol. The maximum atomic E-state index is 12.1. The second-order valence-electron chi connectivity index (χ2n) is 3.90. The van der Waals surface area contributed by atoms with Crippen LogP contribution >= 0.6 is 11.8 Å². The van der Waals surface area contributed by atoms with Crippen molar-refractivity contribution in [2.75, 3.05) is 27.1 Å². The van der Waals surface area contributed by atoms with Crippen molar-refractivity contribution in [3.63, 3.8) is 0 Å². The van der Waals surface area contributed by atoms with Gasteiger partial charge in [-0.25, -0.2) is 0 Å². The van der Waals surface area contributed by atoms with Gasteiger partial charge in [-0.1, -0.05) is 0 Å². The number of rotatable bonds is 6. The quantitative estimate of drug-likeness (QED) is 0.804. The molecule has 0 aromatic heterocycles. The van der Waals surface area contributed by atoms with Crippen LogP contribution in [0.1, 0.15) is 17.3 Å². The summed E-state index contributed by atoms with van der Waals surface area (Å²) in [6.45, 7) is 2.38. The molecule has 0 spiro atoms. The number of ether oxygens (including phenoxy) is 2. The van der Waals surface area contributed by atoms with Gasteiger partial charge in [0.05, 0.1) is 19.3 Å². The van der Waals surface area contributed by atoms with Gasteiger partial charge < -0.3 is 14.8 Å². The first-order valence-corrected chi connectivity index (χ1v) is 6.86. The molecule has 5 heteroatoms. The first-order valence-electron chi connectivity index (χ1n) is 5.64. The van der Waals surface area contributed by atoms with Gasteiger partial charge in [-0.05, 0) is 31.4 Å². The Morgan fingerprint density at radius 2 is 2.17 bits per heavy atom. The molecule has 100 valence electrons. The maximum absolute atomic E-state index is 12.1. The van der Waals surface area contributed by atoms with Crippen molar-refractivity contribution >= 4 is 17.7 Å². The number of benzene rings is 1. The van der Waals surface area contributed by atoms with E-state index in [1.807, 2.05) is 25.3 Å². The number of carbonyl (C=O) groups excluding carboxylic acids is 1. The van der Waals surface area contributed by atoms with Crippen LogP contribution < -0.4 is 10.1 Å². The molecular formula is C13H19NO3S. The second kappa shape index (κ2) is 7.28. The number of amides is 1. The number of hydrogen-bond donors (Lipinski definition) is 1. The molecule has 0 saturated heterocycles. The Kier molecular flexibility index (Phi) is 6.01. The predicted molar refractivity (Wildman–Crippen MR) is 73.6 cm³/mol. The van der Waals surface area contributed by atoms with Gasteiger partial charge in [0, 0.05) is 18.0 Å². The van der Waals surface area contributed by atoms with Crippen LogP contribution in [0.3, 0.4) is 0 Å². The molecule has 0 unspecified atom stereocenters. The fraction of sp³-hybridized carbons (Fsp3) is 0.462. The van der Waals surface area contributed by atoms with Gasteiger partial charge in [-0.2, -0.15) is 0 Å². The molecule has 0 bridgehead atoms. The molecule has 1 amide bonds. The van der Waals surface area contributed by atoms with E-state index in [2.05, 4.69) is 5.32 Å². The average Bonchev–Trinajstić information content (AvgIpc) is 2.38. The predicted octanol–water partition coefficient (Wildman–Crippen LogP) is 2.18. The Balaban J connectivity index is 2.84. The third kappa shape index (κ3) is 3.92. The van der Waals surface area contributed by atoms with E-state index in [1.54, 1.807) is 32.0 Å². The molecule has 0 aliphatic heterocycles. The molecule has 1 rings (SSSR count). The van der Waals surface area contributed by atoms with Crippen LogP contribution in [0.5, 0.6) is 5.75 Å². The van der Waals surface area contributed by atoms with Gasteiger partial charge in [-0.3, -0.25) is 4.79 Å². The molecule has 0 heterocycles. The van der Waals surface area contributed by atoms with E-state index in [-0.39, 0.29) is 11.9 Å². The lowest BCUT2D eigenvalue weighted by Crippen LogP contribution is -2.35. The van der Waals surface area contributed by atoms with Crippen LogP contribution in [-0.2, 0) is 4.74 Å². The van der Waals surface area contributed by atoms with E-state index in [0.29, 0.717) is 17.9 Å². The van der Waals surface area contributed by atoms with Crippen LogP contribution in [0.25, 0.3) is 0 Å². The topological polar surface area (TPSA) is 47.6 Å². The summed E-state index contributed by atoms with van der Waals surface area (Å²) >= 11 is 1.61. The zero-order chi connectivity index (χ0) is 13.5. The van der Waals surface area contributed by atoms with Crippen molar-refractivity contribution in [3.8, 4) is 5.75 Å². The van der Waals surface area contributed by atoms with E-state index in [9.17, 15) is 4.79 Å². The Morgan fingerprint density at radius 3 is 2.72 bits per heavy atom. The minimum absolute atomic E-state index is 0.0348. The van der Waals surface area contributed by atoms with Crippen molar-refractivity contribution in [1.29, 1.82) is 0 Å². The highest BCUT2D eigenvalue weighted by atomic mass is 32.2. The van der Waals surface area contributed by atoms with Crippen LogP contribution in [0.15, 0.2) is 23.1 Å². The summed E-state index contributed by atoms with van der Waals surface area (Å²) in [6, 6.07) is 5.51. The normalized spacial score (nSPS) is 12.0. The summed E-state index contributed by atoms with van der Waals surface area (Å²) in [5.41, 5.74) is 0.540. The van der Waals surface area contributed by atoms with Crippen LogP contribution in [0, 0.1) is 0 Å². The summed E-state index contributed by atoms with van der Waals surface area (Å²) < 4.78 is 10.2. The van der Waals surface area contributed by atoms with Crippen LogP contribution in [0.4, 0.5) is 0 Å². The third-order valence-electron chi connectivity index (χ3n) is 2.45. The maximum Gasteiger partial charge on any atom is 0.255 e. The van der Waals surface area contributed by atoms with Gasteiger partial charge in [-0.15, -0.1) is 11.8 Å². The Morgan fingerprint density at radius 1 is 1.44 bits per heavy atom. The highest BCUT2D eigenvalue weighted by Gasteiger charge is 2.14. The molecule has 18 heavy (non-hydrogen) atoms. The fourth-order valence-electron chi connectivity index (χ4n) is 1.58. The molecule has 1 aromatic carbocycles. The molecule has 1 N–H and O–H groups in total. The molecule has 0 fully saturated rings. The highest BCUT2D eigenvalue weighted by Crippen LogP contribution is 2.25. The van der Waals surface area contributed by atoms with Crippen molar-refractivity contribution in [1.82, 2.24) is 5.32 Å². The lowest BCUT2D eigenvalue weighted by molar-refractivity contribution is 0.0902. The number of thioether (sulfide) groups is 1. The van der Waals surface area contributed by atoms with Gasteiger partial charge in [0.2, 0.25) is 0 Å². The van der Waals surface area contributed by atoms with Crippen molar-refractivity contribution in [2.45, 2.75) is 17.9 Å². The Labute approximate surface area is 112 Å². The van der Waals surface area contributed by atoms with E-state index >= 15 is 0 Å². The van der Waals surface area contributed by atoms with Gasteiger partial charge in [0.1, 0.15) is 5.75 Å². The van der Waals surface area contributed by atoms with Gasteiger partial charge in [0.15, 0.2) is 0 Å². The summed E-state index contributed by atoms with van der Waals surface area (Å²) in [7, 11) is 3.17. The molecule has 1 aromatic rings. The van der Waals surface area contributed by atoms with Crippen molar-refractivity contribution in [2.24, 2.45) is 0 Å². The van der Waals surface area contributed by atoms with Crippen molar-refractivity contribution < 1.29 is 14.3 Å². The third-order valence-corrected chi connectivity index (χ3v) is 3.17. The second-order valence-corrected chi connectivity index (χ2v) is 4.78. The monoisotopic (exact) mass is 269 g/mol. The Hall–Kier alpha value is -1.20. The Bertz CT molecular complexity index is 409. The van der Waals surface area contributed by atoms with E-state index < -0.39 is 0 Å². The summed E-state index contributed by atoms with van der Waals surface area (Å²) in [4.78, 5) is 13.1. The molecular weight excluding hydrogens is 250 g/mol. The first kappa shape index (κ1) is 14.9. The smallest absolute Gasteiger partial charge is 0.255 e. The molecule has 1 atom stereocenters. The molecule has 4 nitrogen and oxygen atoms in total. The zero-order valence-electron chi connectivity index (χ0n) is 11.1. The number of nitrogens with one attached hydrogen (secondary N) is 1. The fourth-order valence-corrected chi connectivity index (χ4v) is 2.01. The van der Waals surface area contributed by atoms with Crippen LogP contribution in [0.2, 0.25) is 0 Å². The van der Waals surface area contributed by atoms with E-state index in [0.717, 1.165) is 4.90 Å². The van der Waals surface area contributed by atoms with Crippen LogP contribution in [-0.4, -0.2) is 39.0 Å². The molecule has 0 saturated carbocycles. The molecule has 0 radical (unpaired) electrons. The summed E-state index contributed by atoms with van der Waals surface area (Å²) in [5.74, 6) is 0.438. The lowest BCUT2D eigenvalue weighted by Gasteiger charge is -2.14. The van der Waals surface area contributed by atoms with Gasteiger partial charge >= 0.3 is 0 Å². The first-order chi connectivity index (χ1) is 8.62. The number of hydrogen-bond acceptors (Lipinski definition) is 4. The number of methoxy groups -OCH3 is 2. The van der Waals surface area contributed by atoms with Gasteiger partial charge in [0.25, 0.3) is 5.91 Å². The lowest BCUT2D eigenvalue weighted by atomic mass is 10.1. The zero-order valence-corrected chi connectivity index (χ0v) is 12.0. The molecule has 0 aliphatic rings. The molecule has 0 aliphatic carbocycles. The SMILES string of the molecule is COC[C@@H](C)NC(=O)c1ccc(SC)cc1OC. The highest BCUT2D eigenvalue weighted by molar-refractivity contribution is 7.98. The van der Waals surface area contributed by atoms with E-state index in [4.69, 9.17) is 9.47 Å². The minimum Gasteiger partial charge on any atom is -0.496 e. The standard InChI is InChI=1S/C13H19NO3S/c1-9(8-16-2)14-13(15)11-6-5-10(18-4)7-12(11)17-3/h5-7,9H,8H2,1-4H3,(H,14,15)/t9-/m1/s1. The van der Waals surface area contributed by atoms with Crippen molar-refractivity contribution in [3.05, 3.63) is 23.8 Å². The number of carbonyl (C=O) groups is 1. The largest absolute Gasteiger partial charge is 0.496 e. The summed E-state index contributed by atoms with van der Waals surface area (Å²) in [5, 5.41) is 2.86. The summed E-state index contributed by atoms with van der Waals surface area (Å²) in [6.07, 6.45) is 1.98. The minimum atomic E-state index is -0.149. The van der Waals surface area contributed by atoms with E-state index in [1.165, 1.54) is 0 Å².